The molecule has 0 unspecified atom stereocenters. The van der Waals surface area contributed by atoms with Crippen LogP contribution in [0.5, 0.6) is 0 Å². The van der Waals surface area contributed by atoms with E-state index in [0.717, 1.165) is 19.5 Å². The van der Waals surface area contributed by atoms with Crippen molar-refractivity contribution < 1.29 is 9.18 Å². The van der Waals surface area contributed by atoms with Crippen LogP contribution >= 0.6 is 0 Å². The normalized spacial score (nSPS) is 19.6. The van der Waals surface area contributed by atoms with Gasteiger partial charge in [-0.1, -0.05) is 6.07 Å². The highest BCUT2D eigenvalue weighted by atomic mass is 19.1. The molecule has 1 aliphatic heterocycles. The van der Waals surface area contributed by atoms with Crippen molar-refractivity contribution in [3.63, 3.8) is 0 Å². The Hall–Kier alpha value is -1.95. The van der Waals surface area contributed by atoms with Gasteiger partial charge in [-0.15, -0.1) is 0 Å². The van der Waals surface area contributed by atoms with Gasteiger partial charge in [0.1, 0.15) is 5.65 Å². The quantitative estimate of drug-likeness (QED) is 0.829. The molecule has 6 heteroatoms. The lowest BCUT2D eigenvalue weighted by atomic mass is 10.2. The third-order valence-corrected chi connectivity index (χ3v) is 3.91. The molecule has 1 atom stereocenters. The summed E-state index contributed by atoms with van der Waals surface area (Å²) in [6, 6.07) is 5.29. The van der Waals surface area contributed by atoms with Crippen LogP contribution in [-0.4, -0.2) is 58.3 Å². The third-order valence-electron chi connectivity index (χ3n) is 3.91. The average molecular weight is 276 g/mol. The summed E-state index contributed by atoms with van der Waals surface area (Å²) in [5, 5.41) is 0. The van der Waals surface area contributed by atoms with Crippen molar-refractivity contribution in [2.45, 2.75) is 12.5 Å². The molecule has 5 nitrogen and oxygen atoms in total. The van der Waals surface area contributed by atoms with Gasteiger partial charge in [0, 0.05) is 25.8 Å². The second-order valence-electron chi connectivity index (χ2n) is 5.30. The lowest BCUT2D eigenvalue weighted by Crippen LogP contribution is -2.39. The molecule has 0 aliphatic carbocycles. The molecule has 0 bridgehead atoms. The molecular weight excluding hydrogens is 259 g/mol. The van der Waals surface area contributed by atoms with Crippen molar-refractivity contribution in [1.82, 2.24) is 19.2 Å². The van der Waals surface area contributed by atoms with Crippen molar-refractivity contribution in [3.8, 4) is 0 Å². The molecule has 0 spiro atoms. The maximum atomic E-state index is 14.2. The van der Waals surface area contributed by atoms with Gasteiger partial charge in [-0.3, -0.25) is 9.20 Å². The number of fused-ring (bicyclic) bond motifs is 1. The van der Waals surface area contributed by atoms with Gasteiger partial charge in [0.15, 0.2) is 5.69 Å². The Morgan fingerprint density at radius 1 is 1.50 bits per heavy atom. The van der Waals surface area contributed by atoms with E-state index in [2.05, 4.69) is 9.88 Å². The number of likely N-dealkylation sites (tertiary alicyclic amines) is 1. The standard InChI is InChI=1S/C14H17FN4O/c1-17-8-6-10(9-17)18(2)14(20)12-13(15)19-7-4-3-5-11(19)16-12/h3-5,7,10H,6,8-9H2,1-2H3/t10-/m0/s1. The Morgan fingerprint density at radius 3 is 2.95 bits per heavy atom. The van der Waals surface area contributed by atoms with E-state index in [9.17, 15) is 9.18 Å². The van der Waals surface area contributed by atoms with Crippen LogP contribution in [0.25, 0.3) is 5.65 Å². The highest BCUT2D eigenvalue weighted by Gasteiger charge is 2.30. The molecule has 0 N–H and O–H groups in total. The summed E-state index contributed by atoms with van der Waals surface area (Å²) in [4.78, 5) is 20.3. The molecule has 106 valence electrons. The van der Waals surface area contributed by atoms with Crippen molar-refractivity contribution >= 4 is 11.6 Å². The number of nitrogens with zero attached hydrogens (tertiary/aromatic N) is 4. The van der Waals surface area contributed by atoms with Crippen molar-refractivity contribution in [3.05, 3.63) is 36.0 Å². The van der Waals surface area contributed by atoms with E-state index < -0.39 is 5.95 Å². The number of carbonyl (C=O) groups is 1. The topological polar surface area (TPSA) is 40.8 Å². The Balaban J connectivity index is 1.90. The van der Waals surface area contributed by atoms with Gasteiger partial charge in [-0.05, 0) is 32.1 Å². The SMILES string of the molecule is CN1CC[C@H](N(C)C(=O)c2nc3ccccn3c2F)C1. The smallest absolute Gasteiger partial charge is 0.277 e. The van der Waals surface area contributed by atoms with Gasteiger partial charge >= 0.3 is 0 Å². The van der Waals surface area contributed by atoms with Gasteiger partial charge in [0.2, 0.25) is 5.95 Å². The monoisotopic (exact) mass is 276 g/mol. The molecule has 0 aromatic carbocycles. The zero-order valence-corrected chi connectivity index (χ0v) is 11.6. The molecule has 1 amide bonds. The summed E-state index contributed by atoms with van der Waals surface area (Å²) in [5.74, 6) is -0.949. The molecule has 1 saturated heterocycles. The van der Waals surface area contributed by atoms with Gasteiger partial charge in [0.05, 0.1) is 0 Å². The number of amides is 1. The fourth-order valence-corrected chi connectivity index (χ4v) is 2.66. The molecule has 3 rings (SSSR count). The maximum absolute atomic E-state index is 14.2. The first-order valence-electron chi connectivity index (χ1n) is 6.66. The van der Waals surface area contributed by atoms with E-state index in [4.69, 9.17) is 0 Å². The van der Waals surface area contributed by atoms with Crippen molar-refractivity contribution in [2.75, 3.05) is 27.2 Å². The van der Waals surface area contributed by atoms with E-state index in [-0.39, 0.29) is 17.6 Å². The van der Waals surface area contributed by atoms with E-state index in [1.165, 1.54) is 4.40 Å². The number of imidazole rings is 1. The summed E-state index contributed by atoms with van der Waals surface area (Å²) in [6.07, 6.45) is 2.48. The first-order valence-corrected chi connectivity index (χ1v) is 6.66. The fourth-order valence-electron chi connectivity index (χ4n) is 2.66. The maximum Gasteiger partial charge on any atom is 0.277 e. The summed E-state index contributed by atoms with van der Waals surface area (Å²) in [7, 11) is 3.74. The summed E-state index contributed by atoms with van der Waals surface area (Å²) in [5.41, 5.74) is 0.346. The molecule has 2 aromatic rings. The second kappa shape index (κ2) is 4.86. The van der Waals surface area contributed by atoms with Gasteiger partial charge in [0.25, 0.3) is 5.91 Å². The molecule has 20 heavy (non-hydrogen) atoms. The summed E-state index contributed by atoms with van der Waals surface area (Å²) in [6.45, 7) is 1.77. The first kappa shape index (κ1) is 13.1. The molecule has 2 aromatic heterocycles. The van der Waals surface area contributed by atoms with E-state index in [1.54, 1.807) is 36.3 Å². The fraction of sp³-hybridized carbons (Fsp3) is 0.429. The van der Waals surface area contributed by atoms with Crippen LogP contribution in [0.1, 0.15) is 16.9 Å². The number of hydrogen-bond donors (Lipinski definition) is 0. The van der Waals surface area contributed by atoms with Crippen LogP contribution in [0.15, 0.2) is 24.4 Å². The van der Waals surface area contributed by atoms with Crippen LogP contribution in [0.3, 0.4) is 0 Å². The minimum Gasteiger partial charge on any atom is -0.336 e. The number of hydrogen-bond acceptors (Lipinski definition) is 3. The van der Waals surface area contributed by atoms with Gasteiger partial charge < -0.3 is 9.80 Å². The number of halogens is 1. The van der Waals surface area contributed by atoms with Crippen LogP contribution in [0.4, 0.5) is 4.39 Å². The van der Waals surface area contributed by atoms with Gasteiger partial charge in [-0.2, -0.15) is 4.39 Å². The molecule has 3 heterocycles. The summed E-state index contributed by atoms with van der Waals surface area (Å²) >= 11 is 0. The molecule has 1 aliphatic rings. The Morgan fingerprint density at radius 2 is 2.30 bits per heavy atom. The van der Waals surface area contributed by atoms with Gasteiger partial charge in [-0.25, -0.2) is 4.98 Å². The Labute approximate surface area is 116 Å². The van der Waals surface area contributed by atoms with Crippen LogP contribution in [0, 0.1) is 5.95 Å². The van der Waals surface area contributed by atoms with E-state index >= 15 is 0 Å². The Bertz CT molecular complexity index is 654. The van der Waals surface area contributed by atoms with Crippen molar-refractivity contribution in [2.24, 2.45) is 0 Å². The summed E-state index contributed by atoms with van der Waals surface area (Å²) < 4.78 is 15.5. The minimum atomic E-state index is -0.594. The third kappa shape index (κ3) is 2.06. The number of carbonyl (C=O) groups excluding carboxylic acids is 1. The molecule has 0 saturated carbocycles. The highest BCUT2D eigenvalue weighted by Crippen LogP contribution is 2.17. The van der Waals surface area contributed by atoms with Crippen LogP contribution in [-0.2, 0) is 0 Å². The number of aromatic nitrogens is 2. The zero-order valence-electron chi connectivity index (χ0n) is 11.6. The predicted octanol–water partition coefficient (Wildman–Crippen LogP) is 1.25. The number of likely N-dealkylation sites (N-methyl/N-ethyl adjacent to an activating group) is 2. The molecular formula is C14H17FN4O. The van der Waals surface area contributed by atoms with Crippen molar-refractivity contribution in [1.29, 1.82) is 0 Å². The number of pyridine rings is 1. The Kier molecular flexibility index (Phi) is 3.17. The first-order chi connectivity index (χ1) is 9.58. The van der Waals surface area contributed by atoms with Crippen LogP contribution in [0.2, 0.25) is 0 Å². The highest BCUT2D eigenvalue weighted by molar-refractivity contribution is 5.93. The second-order valence-corrected chi connectivity index (χ2v) is 5.30. The minimum absolute atomic E-state index is 0.103. The zero-order chi connectivity index (χ0) is 14.3. The largest absolute Gasteiger partial charge is 0.336 e. The molecule has 1 fully saturated rings. The molecule has 0 radical (unpaired) electrons. The van der Waals surface area contributed by atoms with E-state index in [1.807, 2.05) is 7.05 Å². The predicted molar refractivity (Wildman–Crippen MR) is 73.1 cm³/mol. The lowest BCUT2D eigenvalue weighted by Gasteiger charge is -2.23. The lowest BCUT2D eigenvalue weighted by molar-refractivity contribution is 0.0727. The average Bonchev–Trinajstić information content (AvgIpc) is 3.02. The van der Waals surface area contributed by atoms with Crippen LogP contribution < -0.4 is 0 Å². The van der Waals surface area contributed by atoms with E-state index in [0.29, 0.717) is 5.65 Å². The number of rotatable bonds is 2.